The number of aromatic nitrogens is 2. The predicted molar refractivity (Wildman–Crippen MR) is 63.7 cm³/mol. The fraction of sp³-hybridized carbons (Fsp3) is 0.0833. The van der Waals surface area contributed by atoms with Crippen LogP contribution in [-0.4, -0.2) is 14.9 Å². The molecule has 0 N–H and O–H groups in total. The minimum absolute atomic E-state index is 0.221. The first-order valence-electron chi connectivity index (χ1n) is 5.53. The Kier molecular flexibility index (Phi) is 3.98. The number of nitro groups is 1. The molecule has 2 rings (SSSR count). The Balaban J connectivity index is 2.78. The molecule has 0 radical (unpaired) electrons. The van der Waals surface area contributed by atoms with Crippen LogP contribution in [0.4, 0.5) is 23.2 Å². The molecule has 0 fully saturated rings. The topological polar surface area (TPSA) is 92.7 Å². The maximum Gasteiger partial charge on any atom is 0.305 e. The Hall–Kier alpha value is -3.09. The molecule has 2 aromatic rings. The molecular formula is C12H4F4N4O2. The van der Waals surface area contributed by atoms with Gasteiger partial charge >= 0.3 is 5.69 Å². The van der Waals surface area contributed by atoms with Gasteiger partial charge < -0.3 is 0 Å². The second-order valence-corrected chi connectivity index (χ2v) is 3.94. The first-order chi connectivity index (χ1) is 10.4. The lowest BCUT2D eigenvalue weighted by Gasteiger charge is -2.08. The quantitative estimate of drug-likeness (QED) is 0.493. The van der Waals surface area contributed by atoms with E-state index < -0.39 is 51.2 Å². The Morgan fingerprint density at radius 1 is 1.23 bits per heavy atom. The number of hydrogen-bond acceptors (Lipinski definition) is 5. The molecule has 0 saturated carbocycles. The van der Waals surface area contributed by atoms with Gasteiger partial charge in [-0.25, -0.2) is 23.1 Å². The van der Waals surface area contributed by atoms with E-state index in [1.807, 2.05) is 0 Å². The second kappa shape index (κ2) is 5.72. The van der Waals surface area contributed by atoms with E-state index in [4.69, 9.17) is 5.26 Å². The lowest BCUT2D eigenvalue weighted by atomic mass is 10.0. The molecule has 0 amide bonds. The van der Waals surface area contributed by atoms with Crippen LogP contribution in [0.5, 0.6) is 0 Å². The summed E-state index contributed by atoms with van der Waals surface area (Å²) < 4.78 is 52.7. The van der Waals surface area contributed by atoms with Crippen LogP contribution >= 0.6 is 0 Å². The SMILES string of the molecule is N#Cc1c(-c2cc([N+](=O)[O-])c(F)cc2F)ncnc1C(F)F. The summed E-state index contributed by atoms with van der Waals surface area (Å²) in [6.07, 6.45) is -2.47. The first kappa shape index (κ1) is 15.3. The molecule has 6 nitrogen and oxygen atoms in total. The Bertz CT molecular complexity index is 804. The van der Waals surface area contributed by atoms with Crippen molar-refractivity contribution in [2.75, 3.05) is 0 Å². The molecule has 0 atom stereocenters. The number of nitrogens with zero attached hydrogens (tertiary/aromatic N) is 4. The monoisotopic (exact) mass is 312 g/mol. The fourth-order valence-electron chi connectivity index (χ4n) is 1.74. The lowest BCUT2D eigenvalue weighted by molar-refractivity contribution is -0.387. The van der Waals surface area contributed by atoms with Gasteiger partial charge in [0.25, 0.3) is 6.43 Å². The zero-order chi connectivity index (χ0) is 16.4. The van der Waals surface area contributed by atoms with Crippen molar-refractivity contribution in [2.24, 2.45) is 0 Å². The minimum Gasteiger partial charge on any atom is -0.258 e. The Labute approximate surface area is 119 Å². The van der Waals surface area contributed by atoms with Gasteiger partial charge in [-0.05, 0) is 0 Å². The third kappa shape index (κ3) is 2.56. The molecule has 0 bridgehead atoms. The normalized spacial score (nSPS) is 10.5. The van der Waals surface area contributed by atoms with Crippen molar-refractivity contribution >= 4 is 5.69 Å². The van der Waals surface area contributed by atoms with Gasteiger partial charge in [-0.1, -0.05) is 0 Å². The molecule has 0 spiro atoms. The van der Waals surface area contributed by atoms with Crippen molar-refractivity contribution < 1.29 is 22.5 Å². The van der Waals surface area contributed by atoms with Gasteiger partial charge in [-0.2, -0.15) is 9.65 Å². The standard InChI is InChI=1S/C12H4F4N4O2/c13-7-2-8(14)9(20(21)22)1-5(7)10-6(3-17)11(12(15)16)19-4-18-10/h1-2,4,12H. The van der Waals surface area contributed by atoms with Crippen LogP contribution in [0.25, 0.3) is 11.3 Å². The summed E-state index contributed by atoms with van der Waals surface area (Å²) in [6, 6.07) is 2.11. The highest BCUT2D eigenvalue weighted by Gasteiger charge is 2.25. The van der Waals surface area contributed by atoms with Crippen LogP contribution in [0.15, 0.2) is 18.5 Å². The molecule has 0 aliphatic heterocycles. The Morgan fingerprint density at radius 2 is 1.91 bits per heavy atom. The number of rotatable bonds is 3. The number of alkyl halides is 2. The van der Waals surface area contributed by atoms with E-state index in [1.165, 1.54) is 6.07 Å². The van der Waals surface area contributed by atoms with Crippen LogP contribution in [-0.2, 0) is 0 Å². The maximum atomic E-state index is 13.8. The van der Waals surface area contributed by atoms with Gasteiger partial charge in [0.15, 0.2) is 0 Å². The van der Waals surface area contributed by atoms with Crippen LogP contribution < -0.4 is 0 Å². The molecule has 1 aromatic carbocycles. The number of benzene rings is 1. The summed E-state index contributed by atoms with van der Waals surface area (Å²) in [5.74, 6) is -2.72. The Morgan fingerprint density at radius 3 is 2.45 bits per heavy atom. The average Bonchev–Trinajstić information content (AvgIpc) is 2.46. The predicted octanol–water partition coefficient (Wildman–Crippen LogP) is 3.14. The van der Waals surface area contributed by atoms with Crippen molar-refractivity contribution in [3.05, 3.63) is 51.5 Å². The largest absolute Gasteiger partial charge is 0.305 e. The number of halogens is 4. The average molecular weight is 312 g/mol. The molecule has 0 aliphatic carbocycles. The van der Waals surface area contributed by atoms with Gasteiger partial charge in [0.2, 0.25) is 5.82 Å². The molecule has 22 heavy (non-hydrogen) atoms. The van der Waals surface area contributed by atoms with Crippen molar-refractivity contribution in [2.45, 2.75) is 6.43 Å². The fourth-order valence-corrected chi connectivity index (χ4v) is 1.74. The molecule has 0 aliphatic rings. The first-order valence-corrected chi connectivity index (χ1v) is 5.53. The van der Waals surface area contributed by atoms with E-state index in [0.29, 0.717) is 12.4 Å². The van der Waals surface area contributed by atoms with Gasteiger partial charge in [0, 0.05) is 17.7 Å². The van der Waals surface area contributed by atoms with E-state index in [1.54, 1.807) is 0 Å². The van der Waals surface area contributed by atoms with Gasteiger partial charge in [-0.3, -0.25) is 10.1 Å². The molecule has 0 saturated heterocycles. The molecular weight excluding hydrogens is 308 g/mol. The zero-order valence-electron chi connectivity index (χ0n) is 10.4. The summed E-state index contributed by atoms with van der Waals surface area (Å²) in [7, 11) is 0. The van der Waals surface area contributed by atoms with Crippen LogP contribution in [0.1, 0.15) is 17.7 Å². The smallest absolute Gasteiger partial charge is 0.258 e. The van der Waals surface area contributed by atoms with Gasteiger partial charge in [-0.15, -0.1) is 0 Å². The van der Waals surface area contributed by atoms with Crippen molar-refractivity contribution in [1.82, 2.24) is 9.97 Å². The van der Waals surface area contributed by atoms with E-state index in [9.17, 15) is 27.7 Å². The lowest BCUT2D eigenvalue weighted by Crippen LogP contribution is -2.03. The van der Waals surface area contributed by atoms with Crippen LogP contribution in [0.3, 0.4) is 0 Å². The van der Waals surface area contributed by atoms with E-state index >= 15 is 0 Å². The highest BCUT2D eigenvalue weighted by Crippen LogP contribution is 2.32. The summed E-state index contributed by atoms with van der Waals surface area (Å²) in [5, 5.41) is 19.6. The van der Waals surface area contributed by atoms with E-state index in [2.05, 4.69) is 9.97 Å². The summed E-state index contributed by atoms with van der Waals surface area (Å²) in [5.41, 5.74) is -3.98. The molecule has 112 valence electrons. The molecule has 10 heteroatoms. The highest BCUT2D eigenvalue weighted by molar-refractivity contribution is 5.70. The third-order valence-corrected chi connectivity index (χ3v) is 2.68. The second-order valence-electron chi connectivity index (χ2n) is 3.94. The number of nitro benzene ring substituents is 1. The molecule has 1 aromatic heterocycles. The van der Waals surface area contributed by atoms with Crippen molar-refractivity contribution in [3.63, 3.8) is 0 Å². The highest BCUT2D eigenvalue weighted by atomic mass is 19.3. The van der Waals surface area contributed by atoms with E-state index in [-0.39, 0.29) is 6.07 Å². The third-order valence-electron chi connectivity index (χ3n) is 2.68. The maximum absolute atomic E-state index is 13.8. The zero-order valence-corrected chi connectivity index (χ0v) is 10.4. The summed E-state index contributed by atoms with van der Waals surface area (Å²) in [4.78, 5) is 16.3. The van der Waals surface area contributed by atoms with Crippen molar-refractivity contribution in [3.8, 4) is 17.3 Å². The van der Waals surface area contributed by atoms with Gasteiger partial charge in [0.05, 0.1) is 10.6 Å². The van der Waals surface area contributed by atoms with Gasteiger partial charge in [0.1, 0.15) is 29.5 Å². The van der Waals surface area contributed by atoms with E-state index in [0.717, 1.165) is 0 Å². The van der Waals surface area contributed by atoms with Crippen molar-refractivity contribution in [1.29, 1.82) is 5.26 Å². The summed E-state index contributed by atoms with van der Waals surface area (Å²) >= 11 is 0. The molecule has 0 unspecified atom stereocenters. The summed E-state index contributed by atoms with van der Waals surface area (Å²) in [6.45, 7) is 0. The van der Waals surface area contributed by atoms with Crippen LogP contribution in [0.2, 0.25) is 0 Å². The molecule has 1 heterocycles. The minimum atomic E-state index is -3.13. The van der Waals surface area contributed by atoms with Crippen LogP contribution in [0, 0.1) is 33.1 Å². The number of hydrogen-bond donors (Lipinski definition) is 0. The number of nitriles is 1.